The van der Waals surface area contributed by atoms with E-state index in [0.29, 0.717) is 23.7 Å². The summed E-state index contributed by atoms with van der Waals surface area (Å²) in [4.78, 5) is 12.4. The molecule has 1 amide bonds. The van der Waals surface area contributed by atoms with Crippen LogP contribution in [0.3, 0.4) is 0 Å². The van der Waals surface area contributed by atoms with Gasteiger partial charge in [-0.3, -0.25) is 10.1 Å². The SMILES string of the molecule is Cc1cccc(OCCc2nnc(NC(=O)c3ccc(C(C)(C)C)cc3)s2)c1. The van der Waals surface area contributed by atoms with Crippen LogP contribution in [-0.4, -0.2) is 22.7 Å². The van der Waals surface area contributed by atoms with Crippen molar-refractivity contribution in [3.05, 3.63) is 70.2 Å². The Labute approximate surface area is 169 Å². The highest BCUT2D eigenvalue weighted by molar-refractivity contribution is 7.15. The zero-order valence-corrected chi connectivity index (χ0v) is 17.5. The first-order valence-electron chi connectivity index (χ1n) is 9.25. The van der Waals surface area contributed by atoms with Gasteiger partial charge >= 0.3 is 0 Å². The van der Waals surface area contributed by atoms with Gasteiger partial charge in [-0.1, -0.05) is 56.4 Å². The normalized spacial score (nSPS) is 11.3. The molecule has 0 fully saturated rings. The zero-order chi connectivity index (χ0) is 20.1. The molecule has 3 aromatic rings. The van der Waals surface area contributed by atoms with Crippen LogP contribution >= 0.6 is 11.3 Å². The van der Waals surface area contributed by atoms with E-state index in [0.717, 1.165) is 16.3 Å². The number of aryl methyl sites for hydroxylation is 1. The summed E-state index contributed by atoms with van der Waals surface area (Å²) in [5.41, 5.74) is 3.02. The minimum Gasteiger partial charge on any atom is -0.493 e. The second kappa shape index (κ2) is 8.52. The lowest BCUT2D eigenvalue weighted by atomic mass is 9.87. The van der Waals surface area contributed by atoms with Crippen LogP contribution in [0.5, 0.6) is 5.75 Å². The van der Waals surface area contributed by atoms with Crippen LogP contribution in [0.4, 0.5) is 5.13 Å². The molecule has 0 aliphatic rings. The molecule has 6 heteroatoms. The highest BCUT2D eigenvalue weighted by Gasteiger charge is 2.15. The Morgan fingerprint density at radius 3 is 2.54 bits per heavy atom. The van der Waals surface area contributed by atoms with E-state index in [4.69, 9.17) is 4.74 Å². The maximum absolute atomic E-state index is 12.4. The van der Waals surface area contributed by atoms with E-state index in [1.807, 2.05) is 55.5 Å². The number of carbonyl (C=O) groups excluding carboxylic acids is 1. The van der Waals surface area contributed by atoms with Crippen molar-refractivity contribution in [2.24, 2.45) is 0 Å². The molecule has 2 aromatic carbocycles. The average Bonchev–Trinajstić information content (AvgIpc) is 3.08. The molecule has 1 N–H and O–H groups in total. The van der Waals surface area contributed by atoms with E-state index in [-0.39, 0.29) is 11.3 Å². The van der Waals surface area contributed by atoms with Crippen molar-refractivity contribution in [2.75, 3.05) is 11.9 Å². The van der Waals surface area contributed by atoms with Crippen LogP contribution in [0.2, 0.25) is 0 Å². The number of rotatable bonds is 6. The first kappa shape index (κ1) is 20.0. The van der Waals surface area contributed by atoms with E-state index in [9.17, 15) is 4.79 Å². The van der Waals surface area contributed by atoms with Crippen LogP contribution in [-0.2, 0) is 11.8 Å². The Morgan fingerprint density at radius 2 is 1.86 bits per heavy atom. The molecule has 0 saturated carbocycles. The second-order valence-electron chi connectivity index (χ2n) is 7.70. The number of ether oxygens (including phenoxy) is 1. The lowest BCUT2D eigenvalue weighted by Crippen LogP contribution is -2.14. The first-order valence-corrected chi connectivity index (χ1v) is 10.1. The van der Waals surface area contributed by atoms with Gasteiger partial charge < -0.3 is 4.74 Å². The van der Waals surface area contributed by atoms with Crippen molar-refractivity contribution < 1.29 is 9.53 Å². The number of benzene rings is 2. The summed E-state index contributed by atoms with van der Waals surface area (Å²) >= 11 is 1.37. The van der Waals surface area contributed by atoms with Gasteiger partial charge in [0.25, 0.3) is 5.91 Å². The van der Waals surface area contributed by atoms with E-state index in [1.165, 1.54) is 16.9 Å². The molecule has 0 saturated heterocycles. The van der Waals surface area contributed by atoms with Crippen molar-refractivity contribution in [1.82, 2.24) is 10.2 Å². The van der Waals surface area contributed by atoms with Gasteiger partial charge in [0.15, 0.2) is 0 Å². The molecule has 5 nitrogen and oxygen atoms in total. The van der Waals surface area contributed by atoms with Crippen LogP contribution in [0.15, 0.2) is 48.5 Å². The number of nitrogens with zero attached hydrogens (tertiary/aromatic N) is 2. The van der Waals surface area contributed by atoms with Crippen LogP contribution in [0.1, 0.15) is 47.3 Å². The molecular weight excluding hydrogens is 370 g/mol. The molecule has 0 radical (unpaired) electrons. The smallest absolute Gasteiger partial charge is 0.257 e. The topological polar surface area (TPSA) is 64.1 Å². The second-order valence-corrected chi connectivity index (χ2v) is 8.76. The van der Waals surface area contributed by atoms with Crippen molar-refractivity contribution in [2.45, 2.75) is 39.5 Å². The van der Waals surface area contributed by atoms with Gasteiger partial charge in [0.2, 0.25) is 5.13 Å². The predicted octanol–water partition coefficient (Wildman–Crippen LogP) is 5.02. The third-order valence-corrected chi connectivity index (χ3v) is 5.17. The van der Waals surface area contributed by atoms with Gasteiger partial charge in [-0.25, -0.2) is 0 Å². The molecule has 3 rings (SSSR count). The number of hydrogen-bond donors (Lipinski definition) is 1. The van der Waals surface area contributed by atoms with Crippen LogP contribution < -0.4 is 10.1 Å². The zero-order valence-electron chi connectivity index (χ0n) is 16.7. The summed E-state index contributed by atoms with van der Waals surface area (Å²) in [5, 5.41) is 12.3. The van der Waals surface area contributed by atoms with Gasteiger partial charge in [0.1, 0.15) is 10.8 Å². The third kappa shape index (κ3) is 5.39. The monoisotopic (exact) mass is 395 g/mol. The third-order valence-electron chi connectivity index (χ3n) is 4.27. The molecular formula is C22H25N3O2S. The van der Waals surface area contributed by atoms with E-state index >= 15 is 0 Å². The van der Waals surface area contributed by atoms with Gasteiger partial charge in [0.05, 0.1) is 6.61 Å². The maximum atomic E-state index is 12.4. The number of amides is 1. The quantitative estimate of drug-likeness (QED) is 0.637. The molecule has 0 aliphatic carbocycles. The predicted molar refractivity (Wildman–Crippen MR) is 113 cm³/mol. The molecule has 0 spiro atoms. The summed E-state index contributed by atoms with van der Waals surface area (Å²) in [7, 11) is 0. The molecule has 0 aliphatic heterocycles. The molecule has 1 heterocycles. The van der Waals surface area contributed by atoms with E-state index < -0.39 is 0 Å². The van der Waals surface area contributed by atoms with Crippen molar-refractivity contribution in [3.63, 3.8) is 0 Å². The summed E-state index contributed by atoms with van der Waals surface area (Å²) in [6.07, 6.45) is 0.641. The van der Waals surface area contributed by atoms with Gasteiger partial charge in [-0.05, 0) is 47.7 Å². The Kier molecular flexibility index (Phi) is 6.09. The number of anilines is 1. The maximum Gasteiger partial charge on any atom is 0.257 e. The summed E-state index contributed by atoms with van der Waals surface area (Å²) < 4.78 is 5.74. The number of carbonyl (C=O) groups is 1. The largest absolute Gasteiger partial charge is 0.493 e. The number of hydrogen-bond acceptors (Lipinski definition) is 5. The molecule has 0 atom stereocenters. The average molecular weight is 396 g/mol. The molecule has 0 unspecified atom stereocenters. The van der Waals surface area contributed by atoms with Gasteiger partial charge in [0, 0.05) is 12.0 Å². The highest BCUT2D eigenvalue weighted by Crippen LogP contribution is 2.23. The molecule has 28 heavy (non-hydrogen) atoms. The van der Waals surface area contributed by atoms with Crippen molar-refractivity contribution in [1.29, 1.82) is 0 Å². The van der Waals surface area contributed by atoms with Crippen LogP contribution in [0, 0.1) is 6.92 Å². The van der Waals surface area contributed by atoms with E-state index in [2.05, 4.69) is 36.3 Å². The summed E-state index contributed by atoms with van der Waals surface area (Å²) in [5.74, 6) is 0.663. The minimum absolute atomic E-state index is 0.0592. The fourth-order valence-corrected chi connectivity index (χ4v) is 3.37. The fourth-order valence-electron chi connectivity index (χ4n) is 2.66. The Hall–Kier alpha value is -2.73. The fraction of sp³-hybridized carbons (Fsp3) is 0.318. The van der Waals surface area contributed by atoms with Crippen molar-refractivity contribution in [3.8, 4) is 5.75 Å². The summed E-state index contributed by atoms with van der Waals surface area (Å²) in [6.45, 7) is 8.98. The standard InChI is InChI=1S/C22H25N3O2S/c1-15-6-5-7-18(14-15)27-13-12-19-24-25-21(28-19)23-20(26)16-8-10-17(11-9-16)22(2,3)4/h5-11,14H,12-13H2,1-4H3,(H,23,25,26). The molecule has 0 bridgehead atoms. The Morgan fingerprint density at radius 1 is 1.11 bits per heavy atom. The van der Waals surface area contributed by atoms with Gasteiger partial charge in [-0.2, -0.15) is 0 Å². The molecule has 1 aromatic heterocycles. The number of aromatic nitrogens is 2. The number of nitrogens with one attached hydrogen (secondary N) is 1. The summed E-state index contributed by atoms with van der Waals surface area (Å²) in [6, 6.07) is 15.6. The van der Waals surface area contributed by atoms with E-state index in [1.54, 1.807) is 0 Å². The first-order chi connectivity index (χ1) is 13.3. The highest BCUT2D eigenvalue weighted by atomic mass is 32.1. The Bertz CT molecular complexity index is 943. The molecule has 146 valence electrons. The lowest BCUT2D eigenvalue weighted by molar-refractivity contribution is 0.102. The van der Waals surface area contributed by atoms with Gasteiger partial charge in [-0.15, -0.1) is 10.2 Å². The lowest BCUT2D eigenvalue weighted by Gasteiger charge is -2.18. The van der Waals surface area contributed by atoms with Crippen molar-refractivity contribution >= 4 is 22.4 Å². The minimum atomic E-state index is -0.181. The Balaban J connectivity index is 1.53. The van der Waals surface area contributed by atoms with Crippen LogP contribution in [0.25, 0.3) is 0 Å².